The van der Waals surface area contributed by atoms with Crippen LogP contribution < -0.4 is 5.32 Å². The second-order valence-electron chi connectivity index (χ2n) is 5.45. The highest BCUT2D eigenvalue weighted by molar-refractivity contribution is 5.76. The van der Waals surface area contributed by atoms with Gasteiger partial charge in [-0.3, -0.25) is 4.79 Å². The molecule has 1 rings (SSSR count). The minimum Gasteiger partial charge on any atom is -0.343 e. The lowest BCUT2D eigenvalue weighted by Gasteiger charge is -2.20. The smallest absolute Gasteiger partial charge is 0.223 e. The number of amides is 1. The van der Waals surface area contributed by atoms with Crippen molar-refractivity contribution < 1.29 is 4.79 Å². The Morgan fingerprint density at radius 1 is 1.11 bits per heavy atom. The first-order chi connectivity index (χ1) is 8.70. The number of nitrogens with zero attached hydrogens (tertiary/aromatic N) is 2. The molecule has 0 atom stereocenters. The Labute approximate surface area is 112 Å². The summed E-state index contributed by atoms with van der Waals surface area (Å²) in [6.45, 7) is 4.88. The summed E-state index contributed by atoms with van der Waals surface area (Å²) in [5, 5.41) is 3.35. The summed E-state index contributed by atoms with van der Waals surface area (Å²) in [7, 11) is 4.17. The average Bonchev–Trinajstić information content (AvgIpc) is 2.61. The highest BCUT2D eigenvalue weighted by atomic mass is 16.2. The predicted molar refractivity (Wildman–Crippen MR) is 75.7 cm³/mol. The van der Waals surface area contributed by atoms with E-state index in [1.165, 1.54) is 25.7 Å². The van der Waals surface area contributed by atoms with Crippen LogP contribution in [0.25, 0.3) is 0 Å². The van der Waals surface area contributed by atoms with Crippen molar-refractivity contribution in [1.82, 2.24) is 15.1 Å². The molecule has 0 aliphatic carbocycles. The van der Waals surface area contributed by atoms with Crippen LogP contribution in [-0.2, 0) is 4.79 Å². The Morgan fingerprint density at radius 3 is 2.39 bits per heavy atom. The van der Waals surface area contributed by atoms with E-state index in [1.807, 2.05) is 0 Å². The third-order valence-corrected chi connectivity index (χ3v) is 3.43. The average molecular weight is 255 g/mol. The summed E-state index contributed by atoms with van der Waals surface area (Å²) in [6, 6.07) is 0. The standard InChI is InChI=1S/C14H29N3O/c1-16(2)11-7-9-15-10-8-14(18)17-12-5-3-4-6-13-17/h15H,3-13H2,1-2H3. The van der Waals surface area contributed by atoms with E-state index in [1.54, 1.807) is 0 Å². The van der Waals surface area contributed by atoms with Crippen molar-refractivity contribution in [2.24, 2.45) is 0 Å². The van der Waals surface area contributed by atoms with E-state index < -0.39 is 0 Å². The maximum absolute atomic E-state index is 12.0. The molecule has 0 aromatic heterocycles. The van der Waals surface area contributed by atoms with Gasteiger partial charge in [0.15, 0.2) is 0 Å². The minimum absolute atomic E-state index is 0.331. The molecule has 0 saturated carbocycles. The molecule has 1 heterocycles. The van der Waals surface area contributed by atoms with Crippen molar-refractivity contribution in [3.63, 3.8) is 0 Å². The maximum Gasteiger partial charge on any atom is 0.223 e. The molecule has 1 aliphatic rings. The van der Waals surface area contributed by atoms with Gasteiger partial charge in [0.05, 0.1) is 0 Å². The van der Waals surface area contributed by atoms with E-state index >= 15 is 0 Å². The van der Waals surface area contributed by atoms with Gasteiger partial charge in [-0.25, -0.2) is 0 Å². The number of carbonyl (C=O) groups excluding carboxylic acids is 1. The number of hydrogen-bond donors (Lipinski definition) is 1. The molecule has 0 radical (unpaired) electrons. The molecular formula is C14H29N3O. The Kier molecular flexibility index (Phi) is 8.01. The van der Waals surface area contributed by atoms with Crippen LogP contribution in [0.4, 0.5) is 0 Å². The Bertz CT molecular complexity index is 223. The number of carbonyl (C=O) groups is 1. The van der Waals surface area contributed by atoms with E-state index in [0.29, 0.717) is 12.3 Å². The lowest BCUT2D eigenvalue weighted by atomic mass is 10.2. The SMILES string of the molecule is CN(C)CCCNCCC(=O)N1CCCCCC1. The number of hydrogen-bond acceptors (Lipinski definition) is 3. The molecule has 1 aliphatic heterocycles. The third-order valence-electron chi connectivity index (χ3n) is 3.43. The van der Waals surface area contributed by atoms with Gasteiger partial charge in [0, 0.05) is 26.1 Å². The van der Waals surface area contributed by atoms with Crippen molar-refractivity contribution in [2.45, 2.75) is 38.5 Å². The van der Waals surface area contributed by atoms with E-state index in [9.17, 15) is 4.79 Å². The van der Waals surface area contributed by atoms with E-state index in [4.69, 9.17) is 0 Å². The fourth-order valence-corrected chi connectivity index (χ4v) is 2.32. The normalized spacial score (nSPS) is 16.9. The van der Waals surface area contributed by atoms with Gasteiger partial charge in [-0.15, -0.1) is 0 Å². The second-order valence-corrected chi connectivity index (χ2v) is 5.45. The maximum atomic E-state index is 12.0. The molecule has 0 unspecified atom stereocenters. The summed E-state index contributed by atoms with van der Waals surface area (Å²) >= 11 is 0. The first kappa shape index (κ1) is 15.4. The summed E-state index contributed by atoms with van der Waals surface area (Å²) in [5.41, 5.74) is 0. The molecule has 18 heavy (non-hydrogen) atoms. The lowest BCUT2D eigenvalue weighted by molar-refractivity contribution is -0.131. The van der Waals surface area contributed by atoms with E-state index in [-0.39, 0.29) is 0 Å². The molecule has 0 spiro atoms. The quantitative estimate of drug-likeness (QED) is 0.697. The minimum atomic E-state index is 0.331. The van der Waals surface area contributed by atoms with E-state index in [2.05, 4.69) is 29.2 Å². The van der Waals surface area contributed by atoms with Gasteiger partial charge in [0.1, 0.15) is 0 Å². The number of likely N-dealkylation sites (tertiary alicyclic amines) is 1. The molecule has 4 heteroatoms. The summed E-state index contributed by atoms with van der Waals surface area (Å²) in [6.07, 6.45) is 6.73. The van der Waals surface area contributed by atoms with Crippen LogP contribution in [0.3, 0.4) is 0 Å². The van der Waals surface area contributed by atoms with Gasteiger partial charge in [-0.05, 0) is 46.4 Å². The van der Waals surface area contributed by atoms with Crippen LogP contribution in [0.5, 0.6) is 0 Å². The van der Waals surface area contributed by atoms with Gasteiger partial charge in [-0.2, -0.15) is 0 Å². The van der Waals surface area contributed by atoms with Crippen molar-refractivity contribution in [1.29, 1.82) is 0 Å². The Hall–Kier alpha value is -0.610. The van der Waals surface area contributed by atoms with Crippen LogP contribution in [0.1, 0.15) is 38.5 Å². The number of nitrogens with one attached hydrogen (secondary N) is 1. The molecule has 4 nitrogen and oxygen atoms in total. The zero-order valence-electron chi connectivity index (χ0n) is 12.1. The Morgan fingerprint density at radius 2 is 1.78 bits per heavy atom. The van der Waals surface area contributed by atoms with Crippen molar-refractivity contribution >= 4 is 5.91 Å². The van der Waals surface area contributed by atoms with Crippen LogP contribution in [-0.4, -0.2) is 62.5 Å². The predicted octanol–water partition coefficient (Wildman–Crippen LogP) is 1.32. The van der Waals surface area contributed by atoms with Crippen molar-refractivity contribution in [3.8, 4) is 0 Å². The zero-order chi connectivity index (χ0) is 13.2. The Balaban J connectivity index is 2.02. The second kappa shape index (κ2) is 9.34. The molecule has 1 amide bonds. The topological polar surface area (TPSA) is 35.6 Å². The molecule has 106 valence electrons. The van der Waals surface area contributed by atoms with E-state index in [0.717, 1.165) is 39.1 Å². The van der Waals surface area contributed by atoms with Crippen LogP contribution in [0.2, 0.25) is 0 Å². The molecule has 1 saturated heterocycles. The van der Waals surface area contributed by atoms with Crippen LogP contribution in [0.15, 0.2) is 0 Å². The largest absolute Gasteiger partial charge is 0.343 e. The van der Waals surface area contributed by atoms with Crippen LogP contribution >= 0.6 is 0 Å². The summed E-state index contributed by atoms with van der Waals surface area (Å²) in [5.74, 6) is 0.331. The van der Waals surface area contributed by atoms with Gasteiger partial charge < -0.3 is 15.1 Å². The van der Waals surface area contributed by atoms with Gasteiger partial charge in [0.2, 0.25) is 5.91 Å². The zero-order valence-corrected chi connectivity index (χ0v) is 12.1. The van der Waals surface area contributed by atoms with Crippen LogP contribution in [0, 0.1) is 0 Å². The highest BCUT2D eigenvalue weighted by Gasteiger charge is 2.14. The monoisotopic (exact) mass is 255 g/mol. The summed E-state index contributed by atoms with van der Waals surface area (Å²) < 4.78 is 0. The molecule has 0 aromatic carbocycles. The molecule has 0 bridgehead atoms. The third kappa shape index (κ3) is 6.97. The van der Waals surface area contributed by atoms with Crippen molar-refractivity contribution in [3.05, 3.63) is 0 Å². The van der Waals surface area contributed by atoms with Gasteiger partial charge >= 0.3 is 0 Å². The summed E-state index contributed by atoms with van der Waals surface area (Å²) in [4.78, 5) is 16.2. The fourth-order valence-electron chi connectivity index (χ4n) is 2.32. The van der Waals surface area contributed by atoms with Gasteiger partial charge in [-0.1, -0.05) is 12.8 Å². The first-order valence-electron chi connectivity index (χ1n) is 7.33. The van der Waals surface area contributed by atoms with Crippen molar-refractivity contribution in [2.75, 3.05) is 46.8 Å². The fraction of sp³-hybridized carbons (Fsp3) is 0.929. The molecule has 0 aromatic rings. The molecular weight excluding hydrogens is 226 g/mol. The molecule has 1 fully saturated rings. The highest BCUT2D eigenvalue weighted by Crippen LogP contribution is 2.10. The number of rotatable bonds is 7. The first-order valence-corrected chi connectivity index (χ1v) is 7.33. The lowest BCUT2D eigenvalue weighted by Crippen LogP contribution is -2.34. The molecule has 1 N–H and O–H groups in total. The van der Waals surface area contributed by atoms with Gasteiger partial charge in [0.25, 0.3) is 0 Å².